The predicted octanol–water partition coefficient (Wildman–Crippen LogP) is 2.62. The number of hydrogen-bond acceptors (Lipinski definition) is 6. The molecule has 1 fully saturated rings. The number of rotatable bonds is 6. The molecule has 1 aliphatic rings. The summed E-state index contributed by atoms with van der Waals surface area (Å²) in [4.78, 5) is 15.1. The molecule has 0 radical (unpaired) electrons. The molecule has 1 N–H and O–H groups in total. The van der Waals surface area contributed by atoms with Crippen molar-refractivity contribution in [3.63, 3.8) is 0 Å². The van der Waals surface area contributed by atoms with Crippen molar-refractivity contribution in [2.24, 2.45) is 5.92 Å². The molecular weight excluding hydrogens is 368 g/mol. The van der Waals surface area contributed by atoms with Crippen LogP contribution in [-0.2, 0) is 4.79 Å². The molecular formula is C21H26N6O2. The lowest BCUT2D eigenvalue weighted by Gasteiger charge is -2.32. The van der Waals surface area contributed by atoms with E-state index in [0.29, 0.717) is 0 Å². The molecule has 1 aromatic carbocycles. The molecule has 29 heavy (non-hydrogen) atoms. The number of nitrogens with zero attached hydrogens (tertiary/aromatic N) is 5. The van der Waals surface area contributed by atoms with Gasteiger partial charge in [-0.1, -0.05) is 19.1 Å². The highest BCUT2D eigenvalue weighted by Gasteiger charge is 2.27. The number of benzene rings is 1. The lowest BCUT2D eigenvalue weighted by Crippen LogP contribution is -2.42. The van der Waals surface area contributed by atoms with Gasteiger partial charge in [-0.25, -0.2) is 0 Å². The van der Waals surface area contributed by atoms with E-state index in [2.05, 4.69) is 32.4 Å². The maximum absolute atomic E-state index is 12.9. The van der Waals surface area contributed by atoms with Crippen molar-refractivity contribution in [1.29, 1.82) is 0 Å². The van der Waals surface area contributed by atoms with E-state index in [1.165, 1.54) is 0 Å². The lowest BCUT2D eigenvalue weighted by molar-refractivity contribution is -0.126. The van der Waals surface area contributed by atoms with Crippen LogP contribution in [0.1, 0.15) is 37.8 Å². The Morgan fingerprint density at radius 1 is 1.21 bits per heavy atom. The Labute approximate surface area is 169 Å². The van der Waals surface area contributed by atoms with Gasteiger partial charge in [0.05, 0.1) is 13.2 Å². The largest absolute Gasteiger partial charge is 0.497 e. The molecule has 0 unspecified atom stereocenters. The summed E-state index contributed by atoms with van der Waals surface area (Å²) in [5.41, 5.74) is 1.83. The highest BCUT2D eigenvalue weighted by atomic mass is 16.5. The first-order valence-corrected chi connectivity index (χ1v) is 10.0. The van der Waals surface area contributed by atoms with Gasteiger partial charge in [0.25, 0.3) is 0 Å². The van der Waals surface area contributed by atoms with E-state index in [0.717, 1.165) is 55.1 Å². The molecule has 0 aliphatic carbocycles. The molecule has 1 saturated heterocycles. The van der Waals surface area contributed by atoms with Crippen LogP contribution in [0, 0.1) is 5.92 Å². The van der Waals surface area contributed by atoms with Gasteiger partial charge in [0.2, 0.25) is 5.91 Å². The average Bonchev–Trinajstić information content (AvgIpc) is 3.25. The van der Waals surface area contributed by atoms with Gasteiger partial charge >= 0.3 is 0 Å². The van der Waals surface area contributed by atoms with E-state index >= 15 is 0 Å². The third-order valence-electron chi connectivity index (χ3n) is 5.58. The number of ether oxygens (including phenoxy) is 1. The van der Waals surface area contributed by atoms with Crippen molar-refractivity contribution >= 4 is 17.4 Å². The zero-order chi connectivity index (χ0) is 20.2. The second-order valence-electron chi connectivity index (χ2n) is 7.33. The van der Waals surface area contributed by atoms with Crippen LogP contribution in [0.15, 0.2) is 42.7 Å². The van der Waals surface area contributed by atoms with Crippen molar-refractivity contribution in [3.05, 3.63) is 48.3 Å². The van der Waals surface area contributed by atoms with Gasteiger partial charge in [-0.05, 0) is 49.1 Å². The Bertz CT molecular complexity index is 963. The van der Waals surface area contributed by atoms with Crippen molar-refractivity contribution < 1.29 is 9.53 Å². The normalized spacial score (nSPS) is 16.0. The van der Waals surface area contributed by atoms with Gasteiger partial charge in [-0.15, -0.1) is 15.3 Å². The highest BCUT2D eigenvalue weighted by molar-refractivity contribution is 5.79. The van der Waals surface area contributed by atoms with Crippen molar-refractivity contribution in [2.75, 3.05) is 25.1 Å². The molecule has 1 aliphatic heterocycles. The molecule has 0 spiro atoms. The van der Waals surface area contributed by atoms with Crippen molar-refractivity contribution in [2.45, 2.75) is 32.2 Å². The second-order valence-corrected chi connectivity index (χ2v) is 7.33. The summed E-state index contributed by atoms with van der Waals surface area (Å²) >= 11 is 0. The molecule has 8 heteroatoms. The van der Waals surface area contributed by atoms with Crippen LogP contribution in [0.25, 0.3) is 5.65 Å². The monoisotopic (exact) mass is 394 g/mol. The molecule has 2 aromatic heterocycles. The van der Waals surface area contributed by atoms with Crippen molar-refractivity contribution in [3.8, 4) is 5.75 Å². The van der Waals surface area contributed by atoms with E-state index in [1.54, 1.807) is 18.0 Å². The first kappa shape index (κ1) is 19.2. The first-order valence-electron chi connectivity index (χ1n) is 10.0. The van der Waals surface area contributed by atoms with Gasteiger partial charge in [0.15, 0.2) is 5.65 Å². The van der Waals surface area contributed by atoms with Crippen LogP contribution in [0.5, 0.6) is 5.75 Å². The number of aromatic nitrogens is 4. The van der Waals surface area contributed by atoms with E-state index in [4.69, 9.17) is 4.74 Å². The van der Waals surface area contributed by atoms with Gasteiger partial charge in [0, 0.05) is 19.0 Å². The molecule has 152 valence electrons. The molecule has 1 amide bonds. The summed E-state index contributed by atoms with van der Waals surface area (Å²) in [5.74, 6) is 1.87. The smallest absolute Gasteiger partial charge is 0.223 e. The fourth-order valence-corrected chi connectivity index (χ4v) is 3.80. The number of piperidine rings is 1. The third kappa shape index (κ3) is 4.16. The Hall–Kier alpha value is -3.16. The number of anilines is 1. The van der Waals surface area contributed by atoms with E-state index in [1.807, 2.05) is 36.4 Å². The topological polar surface area (TPSA) is 84.7 Å². The number of carbonyl (C=O) groups excluding carboxylic acids is 1. The number of amides is 1. The summed E-state index contributed by atoms with van der Waals surface area (Å²) < 4.78 is 6.89. The maximum atomic E-state index is 12.9. The predicted molar refractivity (Wildman–Crippen MR) is 110 cm³/mol. The van der Waals surface area contributed by atoms with Gasteiger partial charge < -0.3 is 15.0 Å². The SMILES string of the molecule is CC[C@@H](NC(=O)C1CCN(c2ccc3nncn3n2)CC1)c1ccc(OC)cc1. The maximum Gasteiger partial charge on any atom is 0.223 e. The molecule has 0 bridgehead atoms. The molecule has 1 atom stereocenters. The van der Waals surface area contributed by atoms with Crippen LogP contribution >= 0.6 is 0 Å². The van der Waals surface area contributed by atoms with Gasteiger partial charge in [0.1, 0.15) is 17.9 Å². The summed E-state index contributed by atoms with van der Waals surface area (Å²) in [7, 11) is 1.65. The fraction of sp³-hybridized carbons (Fsp3) is 0.429. The third-order valence-corrected chi connectivity index (χ3v) is 5.58. The summed E-state index contributed by atoms with van der Waals surface area (Å²) in [6.45, 7) is 3.70. The van der Waals surface area contributed by atoms with E-state index < -0.39 is 0 Å². The molecule has 4 rings (SSSR count). The van der Waals surface area contributed by atoms with Crippen LogP contribution in [0.2, 0.25) is 0 Å². The summed E-state index contributed by atoms with van der Waals surface area (Å²) in [5, 5.41) is 15.6. The highest BCUT2D eigenvalue weighted by Crippen LogP contribution is 2.25. The quantitative estimate of drug-likeness (QED) is 0.692. The Kier molecular flexibility index (Phi) is 5.59. The summed E-state index contributed by atoms with van der Waals surface area (Å²) in [6.07, 6.45) is 4.07. The van der Waals surface area contributed by atoms with Gasteiger partial charge in [-0.3, -0.25) is 4.79 Å². The lowest BCUT2D eigenvalue weighted by atomic mass is 9.94. The minimum Gasteiger partial charge on any atom is -0.497 e. The standard InChI is InChI=1S/C21H26N6O2/c1-3-18(15-4-6-17(29-2)7-5-15)23-21(28)16-10-12-26(13-11-16)20-9-8-19-24-22-14-27(19)25-20/h4-9,14,16,18H,3,10-13H2,1-2H3,(H,23,28)/t18-/m1/s1. The fourth-order valence-electron chi connectivity index (χ4n) is 3.80. The van der Waals surface area contributed by atoms with Crippen LogP contribution in [0.3, 0.4) is 0 Å². The first-order chi connectivity index (χ1) is 14.2. The van der Waals surface area contributed by atoms with Crippen molar-refractivity contribution in [1.82, 2.24) is 25.1 Å². The zero-order valence-corrected chi connectivity index (χ0v) is 16.8. The van der Waals surface area contributed by atoms with Crippen LogP contribution < -0.4 is 15.0 Å². The summed E-state index contributed by atoms with van der Waals surface area (Å²) in [6, 6.07) is 11.8. The molecule has 3 heterocycles. The number of carbonyl (C=O) groups is 1. The Balaban J connectivity index is 1.35. The number of hydrogen-bond donors (Lipinski definition) is 1. The molecule has 3 aromatic rings. The number of methoxy groups -OCH3 is 1. The number of nitrogens with one attached hydrogen (secondary N) is 1. The van der Waals surface area contributed by atoms with E-state index in [9.17, 15) is 4.79 Å². The van der Waals surface area contributed by atoms with Crippen LogP contribution in [0.4, 0.5) is 5.82 Å². The minimum absolute atomic E-state index is 0.0178. The number of fused-ring (bicyclic) bond motifs is 1. The average molecular weight is 394 g/mol. The molecule has 8 nitrogen and oxygen atoms in total. The van der Waals surface area contributed by atoms with Gasteiger partial charge in [-0.2, -0.15) is 4.52 Å². The second kappa shape index (κ2) is 8.46. The Morgan fingerprint density at radius 3 is 2.66 bits per heavy atom. The van der Waals surface area contributed by atoms with E-state index in [-0.39, 0.29) is 17.9 Å². The zero-order valence-electron chi connectivity index (χ0n) is 16.8. The minimum atomic E-state index is 0.0178. The molecule has 0 saturated carbocycles. The Morgan fingerprint density at radius 2 is 1.97 bits per heavy atom. The van der Waals surface area contributed by atoms with Crippen LogP contribution in [-0.4, -0.2) is 45.9 Å².